The van der Waals surface area contributed by atoms with Crippen molar-refractivity contribution in [3.8, 4) is 0 Å². The van der Waals surface area contributed by atoms with Crippen LogP contribution in [0.1, 0.15) is 35.8 Å². The Balaban J connectivity index is 2.46. The molecular weight excluding hydrogens is 231 g/mol. The molecule has 1 aromatic rings. The molecule has 0 aromatic heterocycles. The van der Waals surface area contributed by atoms with Crippen LogP contribution in [-0.2, 0) is 10.9 Å². The van der Waals surface area contributed by atoms with Crippen LogP contribution < -0.4 is 5.32 Å². The van der Waals surface area contributed by atoms with E-state index in [4.69, 9.17) is 4.74 Å². The number of alkyl halides is 3. The minimum absolute atomic E-state index is 0.0384. The Morgan fingerprint density at radius 1 is 1.29 bits per heavy atom. The van der Waals surface area contributed by atoms with E-state index in [9.17, 15) is 13.2 Å². The average molecular weight is 245 g/mol. The van der Waals surface area contributed by atoms with Gasteiger partial charge < -0.3 is 10.1 Å². The largest absolute Gasteiger partial charge is 0.416 e. The Morgan fingerprint density at radius 3 is 2.59 bits per heavy atom. The van der Waals surface area contributed by atoms with Gasteiger partial charge in [-0.15, -0.1) is 0 Å². The van der Waals surface area contributed by atoms with Gasteiger partial charge in [0.15, 0.2) is 0 Å². The maximum Gasteiger partial charge on any atom is 0.416 e. The predicted octanol–water partition coefficient (Wildman–Crippen LogP) is 3.06. The third kappa shape index (κ3) is 2.30. The highest BCUT2D eigenvalue weighted by atomic mass is 19.4. The third-order valence-electron chi connectivity index (χ3n) is 3.09. The summed E-state index contributed by atoms with van der Waals surface area (Å²) in [6.45, 7) is 2.25. The first-order valence-corrected chi connectivity index (χ1v) is 5.43. The maximum atomic E-state index is 12.6. The van der Waals surface area contributed by atoms with Crippen molar-refractivity contribution in [2.45, 2.75) is 25.2 Å². The van der Waals surface area contributed by atoms with Crippen LogP contribution >= 0.6 is 0 Å². The van der Waals surface area contributed by atoms with Crippen LogP contribution in [0.25, 0.3) is 0 Å². The number of hydrogen-bond donors (Lipinski definition) is 1. The third-order valence-corrected chi connectivity index (χ3v) is 3.09. The summed E-state index contributed by atoms with van der Waals surface area (Å²) in [5.74, 6) is 0. The molecule has 1 aliphatic rings. The summed E-state index contributed by atoms with van der Waals surface area (Å²) in [6, 6.07) is 3.81. The number of rotatable bonds is 1. The summed E-state index contributed by atoms with van der Waals surface area (Å²) in [5, 5.41) is 3.03. The Labute approximate surface area is 97.8 Å². The Morgan fingerprint density at radius 2 is 2.00 bits per heavy atom. The molecule has 0 fully saturated rings. The van der Waals surface area contributed by atoms with Crippen molar-refractivity contribution in [2.75, 3.05) is 13.7 Å². The number of halogens is 3. The molecule has 1 N–H and O–H groups in total. The number of likely N-dealkylation sites (N-methyl/N-ethyl adjacent to an activating group) is 1. The second kappa shape index (κ2) is 4.31. The van der Waals surface area contributed by atoms with Gasteiger partial charge in [0, 0.05) is 0 Å². The van der Waals surface area contributed by atoms with Gasteiger partial charge in [0.05, 0.1) is 24.3 Å². The molecule has 2 nitrogen and oxygen atoms in total. The molecule has 2 atom stereocenters. The van der Waals surface area contributed by atoms with Crippen molar-refractivity contribution < 1.29 is 17.9 Å². The SMILES string of the molecule is CN[C@H]1CO[C@@H](C)c2cc(C(F)(F)F)ccc21. The Kier molecular flexibility index (Phi) is 3.14. The molecule has 0 unspecified atom stereocenters. The zero-order chi connectivity index (χ0) is 12.6. The van der Waals surface area contributed by atoms with Gasteiger partial charge >= 0.3 is 6.18 Å². The van der Waals surface area contributed by atoms with Crippen molar-refractivity contribution in [3.05, 3.63) is 34.9 Å². The molecule has 0 saturated heterocycles. The van der Waals surface area contributed by atoms with E-state index in [2.05, 4.69) is 5.32 Å². The van der Waals surface area contributed by atoms with Crippen molar-refractivity contribution in [1.29, 1.82) is 0 Å². The molecular formula is C12H14F3NO. The van der Waals surface area contributed by atoms with E-state index < -0.39 is 11.7 Å². The lowest BCUT2D eigenvalue weighted by molar-refractivity contribution is -0.137. The maximum absolute atomic E-state index is 12.6. The van der Waals surface area contributed by atoms with Crippen LogP contribution in [0.4, 0.5) is 13.2 Å². The van der Waals surface area contributed by atoms with Crippen LogP contribution in [-0.4, -0.2) is 13.7 Å². The van der Waals surface area contributed by atoms with Crippen LogP contribution in [0.15, 0.2) is 18.2 Å². The lowest BCUT2D eigenvalue weighted by Gasteiger charge is -2.30. The van der Waals surface area contributed by atoms with E-state index in [-0.39, 0.29) is 12.1 Å². The summed E-state index contributed by atoms with van der Waals surface area (Å²) in [5.41, 5.74) is 0.883. The lowest BCUT2D eigenvalue weighted by atomic mass is 9.93. The van der Waals surface area contributed by atoms with Gasteiger partial charge in [0.1, 0.15) is 0 Å². The molecule has 17 heavy (non-hydrogen) atoms. The van der Waals surface area contributed by atoms with Gasteiger partial charge in [-0.25, -0.2) is 0 Å². The summed E-state index contributed by atoms with van der Waals surface area (Å²) >= 11 is 0. The lowest BCUT2D eigenvalue weighted by Crippen LogP contribution is -2.28. The predicted molar refractivity (Wildman–Crippen MR) is 57.6 cm³/mol. The highest BCUT2D eigenvalue weighted by Gasteiger charge is 2.33. The monoisotopic (exact) mass is 245 g/mol. The van der Waals surface area contributed by atoms with Crippen molar-refractivity contribution in [2.24, 2.45) is 0 Å². The fourth-order valence-electron chi connectivity index (χ4n) is 2.08. The zero-order valence-electron chi connectivity index (χ0n) is 9.64. The first-order valence-electron chi connectivity index (χ1n) is 5.43. The molecule has 94 valence electrons. The summed E-state index contributed by atoms with van der Waals surface area (Å²) in [4.78, 5) is 0. The van der Waals surface area contributed by atoms with E-state index in [1.807, 2.05) is 0 Å². The van der Waals surface area contributed by atoms with Gasteiger partial charge in [0.2, 0.25) is 0 Å². The first kappa shape index (κ1) is 12.4. The highest BCUT2D eigenvalue weighted by Crippen LogP contribution is 2.37. The number of ether oxygens (including phenoxy) is 1. The second-order valence-electron chi connectivity index (χ2n) is 4.16. The standard InChI is InChI=1S/C12H14F3NO/c1-7-10-5-8(12(13,14)15)3-4-9(10)11(16-2)6-17-7/h3-5,7,11,16H,6H2,1-2H3/t7-,11-/m0/s1. The van der Waals surface area contributed by atoms with Gasteiger partial charge in [-0.05, 0) is 37.2 Å². The molecule has 0 amide bonds. The quantitative estimate of drug-likeness (QED) is 0.821. The Hall–Kier alpha value is -1.07. The zero-order valence-corrected chi connectivity index (χ0v) is 9.64. The highest BCUT2D eigenvalue weighted by molar-refractivity contribution is 5.38. The van der Waals surface area contributed by atoms with Crippen molar-refractivity contribution in [3.63, 3.8) is 0 Å². The molecule has 5 heteroatoms. The summed E-state index contributed by atoms with van der Waals surface area (Å²) < 4.78 is 43.3. The van der Waals surface area contributed by atoms with E-state index in [0.29, 0.717) is 12.2 Å². The summed E-state index contributed by atoms with van der Waals surface area (Å²) in [6.07, 6.45) is -4.60. The second-order valence-corrected chi connectivity index (χ2v) is 4.16. The molecule has 1 aliphatic heterocycles. The minimum atomic E-state index is -4.30. The first-order chi connectivity index (χ1) is 7.93. The fraction of sp³-hybridized carbons (Fsp3) is 0.500. The van der Waals surface area contributed by atoms with E-state index >= 15 is 0 Å². The van der Waals surface area contributed by atoms with Crippen LogP contribution in [0.5, 0.6) is 0 Å². The van der Waals surface area contributed by atoms with Gasteiger partial charge in [-0.2, -0.15) is 13.2 Å². The van der Waals surface area contributed by atoms with Crippen molar-refractivity contribution in [1.82, 2.24) is 5.32 Å². The normalized spacial score (nSPS) is 24.5. The molecule has 0 spiro atoms. The fourth-order valence-corrected chi connectivity index (χ4v) is 2.08. The smallest absolute Gasteiger partial charge is 0.372 e. The molecule has 1 heterocycles. The van der Waals surface area contributed by atoms with Crippen LogP contribution in [0.3, 0.4) is 0 Å². The average Bonchev–Trinajstić information content (AvgIpc) is 2.28. The molecule has 0 radical (unpaired) electrons. The molecule has 0 aliphatic carbocycles. The molecule has 0 saturated carbocycles. The van der Waals surface area contributed by atoms with Gasteiger partial charge in [-0.1, -0.05) is 6.07 Å². The minimum Gasteiger partial charge on any atom is -0.372 e. The number of nitrogens with one attached hydrogen (secondary N) is 1. The van der Waals surface area contributed by atoms with E-state index in [1.54, 1.807) is 20.0 Å². The topological polar surface area (TPSA) is 21.3 Å². The number of benzene rings is 1. The van der Waals surface area contributed by atoms with E-state index in [0.717, 1.165) is 11.6 Å². The Bertz CT molecular complexity index is 417. The van der Waals surface area contributed by atoms with Crippen molar-refractivity contribution >= 4 is 0 Å². The molecule has 0 bridgehead atoms. The molecule has 2 rings (SSSR count). The van der Waals surface area contributed by atoms with Crippen LogP contribution in [0, 0.1) is 0 Å². The van der Waals surface area contributed by atoms with Gasteiger partial charge in [0.25, 0.3) is 0 Å². The van der Waals surface area contributed by atoms with E-state index in [1.165, 1.54) is 6.07 Å². The molecule has 1 aromatic carbocycles. The summed E-state index contributed by atoms with van der Waals surface area (Å²) in [7, 11) is 1.77. The van der Waals surface area contributed by atoms with Crippen LogP contribution in [0.2, 0.25) is 0 Å². The number of fused-ring (bicyclic) bond motifs is 1. The van der Waals surface area contributed by atoms with Gasteiger partial charge in [-0.3, -0.25) is 0 Å². The number of hydrogen-bond acceptors (Lipinski definition) is 2.